The van der Waals surface area contributed by atoms with Gasteiger partial charge in [-0.3, -0.25) is 4.90 Å². The summed E-state index contributed by atoms with van der Waals surface area (Å²) in [5.74, 6) is 2.02. The van der Waals surface area contributed by atoms with E-state index < -0.39 is 0 Å². The van der Waals surface area contributed by atoms with Crippen molar-refractivity contribution in [1.29, 1.82) is 0 Å². The first kappa shape index (κ1) is 16.2. The van der Waals surface area contributed by atoms with Gasteiger partial charge in [-0.25, -0.2) is 4.98 Å². The molecule has 0 saturated heterocycles. The summed E-state index contributed by atoms with van der Waals surface area (Å²) in [5, 5.41) is 6.64. The van der Waals surface area contributed by atoms with Gasteiger partial charge in [0.2, 0.25) is 0 Å². The van der Waals surface area contributed by atoms with E-state index in [-0.39, 0.29) is 0 Å². The predicted molar refractivity (Wildman–Crippen MR) is 87.4 cm³/mol. The Hall–Kier alpha value is -1.17. The third kappa shape index (κ3) is 4.95. The fourth-order valence-electron chi connectivity index (χ4n) is 2.24. The van der Waals surface area contributed by atoms with Gasteiger partial charge in [-0.2, -0.15) is 0 Å². The van der Waals surface area contributed by atoms with Gasteiger partial charge in [-0.1, -0.05) is 13.8 Å². The Bertz CT molecular complexity index is 574. The maximum Gasteiger partial charge on any atom is 0.118 e. The van der Waals surface area contributed by atoms with Gasteiger partial charge in [-0.15, -0.1) is 11.3 Å². The van der Waals surface area contributed by atoms with Gasteiger partial charge in [0.05, 0.1) is 17.2 Å². The molecule has 2 heterocycles. The van der Waals surface area contributed by atoms with E-state index in [9.17, 15) is 0 Å². The number of rotatable bonds is 7. The molecule has 1 N–H and O–H groups in total. The molecule has 0 atom stereocenters. The fourth-order valence-corrected chi connectivity index (χ4v) is 2.84. The molecule has 4 nitrogen and oxygen atoms in total. The second kappa shape index (κ2) is 7.20. The highest BCUT2D eigenvalue weighted by Crippen LogP contribution is 2.18. The number of aryl methyl sites for hydroxylation is 2. The average Bonchev–Trinajstić information content (AvgIpc) is 2.94. The largest absolute Gasteiger partial charge is 0.465 e. The monoisotopic (exact) mass is 307 g/mol. The highest BCUT2D eigenvalue weighted by molar-refractivity contribution is 7.09. The van der Waals surface area contributed by atoms with Crippen molar-refractivity contribution in [1.82, 2.24) is 15.2 Å². The Balaban J connectivity index is 1.92. The van der Waals surface area contributed by atoms with Gasteiger partial charge in [0.25, 0.3) is 0 Å². The molecule has 0 amide bonds. The molecular formula is C16H25N3OS. The second-order valence-electron chi connectivity index (χ2n) is 5.86. The number of furan rings is 1. The number of hydrogen-bond acceptors (Lipinski definition) is 5. The molecular weight excluding hydrogens is 282 g/mol. The molecule has 0 aliphatic heterocycles. The normalized spacial score (nSPS) is 11.8. The van der Waals surface area contributed by atoms with Gasteiger partial charge in [0.15, 0.2) is 0 Å². The van der Waals surface area contributed by atoms with E-state index in [1.165, 1.54) is 5.56 Å². The Morgan fingerprint density at radius 3 is 2.71 bits per heavy atom. The maximum absolute atomic E-state index is 5.82. The van der Waals surface area contributed by atoms with Crippen molar-refractivity contribution in [3.63, 3.8) is 0 Å². The Morgan fingerprint density at radius 2 is 2.10 bits per heavy atom. The number of aromatic nitrogens is 1. The molecule has 0 aliphatic rings. The van der Waals surface area contributed by atoms with Crippen LogP contribution in [0.25, 0.3) is 0 Å². The van der Waals surface area contributed by atoms with E-state index >= 15 is 0 Å². The van der Waals surface area contributed by atoms with E-state index in [1.807, 2.05) is 13.8 Å². The lowest BCUT2D eigenvalue weighted by atomic mass is 10.2. The molecule has 5 heteroatoms. The fraction of sp³-hybridized carbons (Fsp3) is 0.562. The molecule has 0 bridgehead atoms. The van der Waals surface area contributed by atoms with Crippen LogP contribution in [0.3, 0.4) is 0 Å². The zero-order valence-electron chi connectivity index (χ0n) is 13.6. The summed E-state index contributed by atoms with van der Waals surface area (Å²) in [6.45, 7) is 10.9. The summed E-state index contributed by atoms with van der Waals surface area (Å²) in [6, 6.07) is 2.63. The van der Waals surface area contributed by atoms with Crippen LogP contribution in [0.4, 0.5) is 0 Å². The van der Waals surface area contributed by atoms with Crippen molar-refractivity contribution in [2.45, 2.75) is 53.4 Å². The number of thiazole rings is 1. The van der Waals surface area contributed by atoms with E-state index in [2.05, 4.69) is 47.5 Å². The van der Waals surface area contributed by atoms with E-state index in [0.717, 1.165) is 41.9 Å². The molecule has 0 aliphatic carbocycles. The van der Waals surface area contributed by atoms with Gasteiger partial charge in [0, 0.05) is 30.1 Å². The first-order valence-electron chi connectivity index (χ1n) is 7.35. The molecule has 0 spiro atoms. The smallest absolute Gasteiger partial charge is 0.118 e. The van der Waals surface area contributed by atoms with Crippen LogP contribution in [-0.2, 0) is 19.6 Å². The van der Waals surface area contributed by atoms with Gasteiger partial charge < -0.3 is 9.73 Å². The van der Waals surface area contributed by atoms with Gasteiger partial charge in [-0.05, 0) is 27.0 Å². The minimum Gasteiger partial charge on any atom is -0.465 e. The predicted octanol–water partition coefficient (Wildman–Crippen LogP) is 3.48. The van der Waals surface area contributed by atoms with Crippen LogP contribution in [0.1, 0.15) is 41.6 Å². The Labute approximate surface area is 131 Å². The zero-order chi connectivity index (χ0) is 15.4. The standard InChI is InChI=1S/C16H25N3OS/c1-11(2)17-7-16-6-14(12(3)20-16)8-19(5)9-15-10-21-13(4)18-15/h6,10-11,17H,7-9H2,1-5H3. The molecule has 2 aromatic rings. The summed E-state index contributed by atoms with van der Waals surface area (Å²) >= 11 is 1.70. The Morgan fingerprint density at radius 1 is 1.33 bits per heavy atom. The lowest BCUT2D eigenvalue weighted by Crippen LogP contribution is -2.21. The highest BCUT2D eigenvalue weighted by Gasteiger charge is 2.11. The Kier molecular flexibility index (Phi) is 5.56. The van der Waals surface area contributed by atoms with Crippen molar-refractivity contribution in [3.8, 4) is 0 Å². The molecule has 0 unspecified atom stereocenters. The SMILES string of the molecule is Cc1nc(CN(C)Cc2cc(CNC(C)C)oc2C)cs1. The summed E-state index contributed by atoms with van der Waals surface area (Å²) < 4.78 is 5.82. The van der Waals surface area contributed by atoms with Crippen molar-refractivity contribution >= 4 is 11.3 Å². The summed E-state index contributed by atoms with van der Waals surface area (Å²) in [4.78, 5) is 6.78. The lowest BCUT2D eigenvalue weighted by molar-refractivity contribution is 0.313. The van der Waals surface area contributed by atoms with Crippen molar-refractivity contribution < 1.29 is 4.42 Å². The number of hydrogen-bond donors (Lipinski definition) is 1. The summed E-state index contributed by atoms with van der Waals surface area (Å²) in [7, 11) is 2.12. The molecule has 0 fully saturated rings. The zero-order valence-corrected chi connectivity index (χ0v) is 14.4. The highest BCUT2D eigenvalue weighted by atomic mass is 32.1. The molecule has 21 heavy (non-hydrogen) atoms. The molecule has 2 rings (SSSR count). The van der Waals surface area contributed by atoms with Crippen LogP contribution < -0.4 is 5.32 Å². The van der Waals surface area contributed by atoms with Crippen LogP contribution in [0.2, 0.25) is 0 Å². The third-order valence-electron chi connectivity index (χ3n) is 3.29. The van der Waals surface area contributed by atoms with Crippen LogP contribution in [0, 0.1) is 13.8 Å². The first-order valence-corrected chi connectivity index (χ1v) is 8.23. The van der Waals surface area contributed by atoms with Crippen LogP contribution >= 0.6 is 11.3 Å². The maximum atomic E-state index is 5.82. The van der Waals surface area contributed by atoms with Gasteiger partial charge in [0.1, 0.15) is 11.5 Å². The quantitative estimate of drug-likeness (QED) is 0.850. The first-order chi connectivity index (χ1) is 9.94. The molecule has 2 aromatic heterocycles. The van der Waals surface area contributed by atoms with Crippen LogP contribution in [-0.4, -0.2) is 23.0 Å². The minimum atomic E-state index is 0.467. The second-order valence-corrected chi connectivity index (χ2v) is 6.92. The lowest BCUT2D eigenvalue weighted by Gasteiger charge is -2.14. The summed E-state index contributed by atoms with van der Waals surface area (Å²) in [6.07, 6.45) is 0. The van der Waals surface area contributed by atoms with Crippen molar-refractivity contribution in [3.05, 3.63) is 39.2 Å². The van der Waals surface area contributed by atoms with Crippen molar-refractivity contribution in [2.75, 3.05) is 7.05 Å². The van der Waals surface area contributed by atoms with Crippen LogP contribution in [0.5, 0.6) is 0 Å². The van der Waals surface area contributed by atoms with Crippen LogP contribution in [0.15, 0.2) is 15.9 Å². The van der Waals surface area contributed by atoms with Crippen molar-refractivity contribution in [2.24, 2.45) is 0 Å². The van der Waals surface area contributed by atoms with Gasteiger partial charge >= 0.3 is 0 Å². The van der Waals surface area contributed by atoms with E-state index in [0.29, 0.717) is 6.04 Å². The molecule has 0 aromatic carbocycles. The minimum absolute atomic E-state index is 0.467. The topological polar surface area (TPSA) is 41.3 Å². The van der Waals surface area contributed by atoms with E-state index in [1.54, 1.807) is 11.3 Å². The average molecular weight is 307 g/mol. The molecule has 116 valence electrons. The van der Waals surface area contributed by atoms with E-state index in [4.69, 9.17) is 4.42 Å². The summed E-state index contributed by atoms with van der Waals surface area (Å²) in [5.41, 5.74) is 2.40. The number of nitrogens with zero attached hydrogens (tertiary/aromatic N) is 2. The third-order valence-corrected chi connectivity index (χ3v) is 4.12. The molecule has 0 saturated carbocycles. The molecule has 0 radical (unpaired) electrons. The number of nitrogens with one attached hydrogen (secondary N) is 1.